The van der Waals surface area contributed by atoms with E-state index in [1.165, 1.54) is 12.1 Å². The fourth-order valence-corrected chi connectivity index (χ4v) is 4.80. The van der Waals surface area contributed by atoms with Gasteiger partial charge in [-0.3, -0.25) is 38.4 Å². The second-order valence-corrected chi connectivity index (χ2v) is 12.9. The minimum absolute atomic E-state index is 0.0115. The van der Waals surface area contributed by atoms with E-state index in [1.807, 2.05) is 13.8 Å². The third kappa shape index (κ3) is 15.9. The molecule has 1 rings (SSSR count). The zero-order chi connectivity index (χ0) is 39.0. The lowest BCUT2D eigenvalue weighted by atomic mass is 9.96. The number of aromatic hydroxyl groups is 1. The van der Waals surface area contributed by atoms with Crippen LogP contribution < -0.4 is 43.8 Å². The van der Waals surface area contributed by atoms with Gasteiger partial charge in [-0.25, -0.2) is 0 Å². The molecule has 0 saturated heterocycles. The van der Waals surface area contributed by atoms with Gasteiger partial charge >= 0.3 is 5.97 Å². The SMILES string of the molecule is CC[C@H](C)[C@H](NC(=O)[C@H](Cc1ccc(O)cc1)NC(=O)[C@@H](N)CC(C)C)C(=O)N[C@@H](CCC(N)=O)C(=O)N[C@@H](CC(N)=O)C(=O)N[C@@H](C)C(=O)O. The van der Waals surface area contributed by atoms with E-state index >= 15 is 0 Å². The minimum Gasteiger partial charge on any atom is -0.508 e. The summed E-state index contributed by atoms with van der Waals surface area (Å²) in [5, 5.41) is 31.0. The van der Waals surface area contributed by atoms with Gasteiger partial charge in [0.05, 0.1) is 12.5 Å². The summed E-state index contributed by atoms with van der Waals surface area (Å²) < 4.78 is 0. The topological polar surface area (TPSA) is 315 Å². The summed E-state index contributed by atoms with van der Waals surface area (Å²) in [6, 6.07) is -2.02. The Bertz CT molecular complexity index is 1400. The van der Waals surface area contributed by atoms with Gasteiger partial charge in [0.15, 0.2) is 0 Å². The second kappa shape index (κ2) is 21.1. The molecule has 1 aromatic carbocycles. The molecule has 7 amide bonds. The number of carbonyl (C=O) groups is 8. The Hall–Kier alpha value is -5.26. The number of nitrogens with two attached hydrogens (primary N) is 3. The maximum atomic E-state index is 13.8. The Morgan fingerprint density at radius 3 is 1.75 bits per heavy atom. The molecule has 0 spiro atoms. The van der Waals surface area contributed by atoms with E-state index in [0.717, 1.165) is 6.92 Å². The van der Waals surface area contributed by atoms with Crippen LogP contribution in [-0.4, -0.2) is 93.8 Å². The molecule has 0 aromatic heterocycles. The lowest BCUT2D eigenvalue weighted by Crippen LogP contribution is -2.61. The van der Waals surface area contributed by atoms with Crippen LogP contribution in [0.5, 0.6) is 5.75 Å². The van der Waals surface area contributed by atoms with Crippen molar-refractivity contribution < 1.29 is 48.6 Å². The van der Waals surface area contributed by atoms with Crippen molar-refractivity contribution in [2.24, 2.45) is 29.0 Å². The van der Waals surface area contributed by atoms with E-state index in [2.05, 4.69) is 26.6 Å². The molecule has 18 nitrogen and oxygen atoms in total. The Labute approximate surface area is 296 Å². The van der Waals surface area contributed by atoms with Gasteiger partial charge in [0, 0.05) is 12.8 Å². The molecular formula is C33H52N8O10. The maximum Gasteiger partial charge on any atom is 0.325 e. The van der Waals surface area contributed by atoms with Gasteiger partial charge in [0.2, 0.25) is 41.4 Å². The number of hydrogen-bond donors (Lipinski definition) is 10. The lowest BCUT2D eigenvalue weighted by molar-refractivity contribution is -0.142. The average Bonchev–Trinajstić information content (AvgIpc) is 3.04. The number of rotatable bonds is 22. The Kier molecular flexibility index (Phi) is 18.1. The quantitative estimate of drug-likeness (QED) is 0.0626. The van der Waals surface area contributed by atoms with Crippen LogP contribution in [0.3, 0.4) is 0 Å². The van der Waals surface area contributed by atoms with Crippen molar-refractivity contribution in [2.45, 2.75) is 109 Å². The number of carboxylic acid groups (broad SMARTS) is 1. The van der Waals surface area contributed by atoms with Gasteiger partial charge in [-0.2, -0.15) is 0 Å². The second-order valence-electron chi connectivity index (χ2n) is 12.9. The van der Waals surface area contributed by atoms with Crippen LogP contribution in [0.4, 0.5) is 0 Å². The summed E-state index contributed by atoms with van der Waals surface area (Å²) in [4.78, 5) is 101. The number of nitrogens with one attached hydrogen (secondary N) is 5. The Morgan fingerprint density at radius 2 is 1.24 bits per heavy atom. The number of hydrogen-bond acceptors (Lipinski definition) is 10. The highest BCUT2D eigenvalue weighted by Gasteiger charge is 2.35. The Balaban J connectivity index is 3.36. The molecule has 1 aromatic rings. The highest BCUT2D eigenvalue weighted by atomic mass is 16.4. The molecule has 18 heteroatoms. The summed E-state index contributed by atoms with van der Waals surface area (Å²) in [7, 11) is 0. The highest BCUT2D eigenvalue weighted by molar-refractivity contribution is 5.97. The fraction of sp³-hybridized carbons (Fsp3) is 0.576. The number of carboxylic acids is 1. The molecule has 0 fully saturated rings. The van der Waals surface area contributed by atoms with Crippen molar-refractivity contribution in [3.05, 3.63) is 29.8 Å². The van der Waals surface area contributed by atoms with E-state index in [-0.39, 0.29) is 24.5 Å². The van der Waals surface area contributed by atoms with Gasteiger partial charge in [0.25, 0.3) is 0 Å². The summed E-state index contributed by atoms with van der Waals surface area (Å²) >= 11 is 0. The number of benzene rings is 1. The van der Waals surface area contributed by atoms with Crippen molar-refractivity contribution in [2.75, 3.05) is 0 Å². The summed E-state index contributed by atoms with van der Waals surface area (Å²) in [5.74, 6) is -7.95. The highest BCUT2D eigenvalue weighted by Crippen LogP contribution is 2.14. The van der Waals surface area contributed by atoms with Crippen molar-refractivity contribution in [3.8, 4) is 5.75 Å². The molecule has 284 valence electrons. The average molecular weight is 721 g/mol. The smallest absolute Gasteiger partial charge is 0.325 e. The van der Waals surface area contributed by atoms with E-state index in [9.17, 15) is 43.5 Å². The molecule has 0 aliphatic rings. The molecule has 0 bridgehead atoms. The first-order valence-electron chi connectivity index (χ1n) is 16.6. The van der Waals surface area contributed by atoms with Crippen LogP contribution >= 0.6 is 0 Å². The number of amides is 7. The standard InChI is InChI=1S/C33H52N8O10/c1-6-17(4)27(41-31(48)23(14-19-7-9-20(42)10-8-19)39-28(45)21(34)13-16(2)3)32(49)38-22(11-12-25(35)43)29(46)40-24(15-26(36)44)30(47)37-18(5)33(50)51/h7-10,16-18,21-24,27,42H,6,11-15,34H2,1-5H3,(H2,35,43)(H2,36,44)(H,37,47)(H,38,49)(H,39,45)(H,40,46)(H,41,48)(H,50,51)/t17-,18-,21-,22-,23-,24-,27-/m0/s1. The molecule has 0 radical (unpaired) electrons. The van der Waals surface area contributed by atoms with Gasteiger partial charge in [0.1, 0.15) is 36.0 Å². The van der Waals surface area contributed by atoms with E-state index in [0.29, 0.717) is 18.4 Å². The predicted molar refractivity (Wildman–Crippen MR) is 184 cm³/mol. The van der Waals surface area contributed by atoms with E-state index < -0.39 is 102 Å². The van der Waals surface area contributed by atoms with Gasteiger partial charge in [-0.15, -0.1) is 0 Å². The predicted octanol–water partition coefficient (Wildman–Crippen LogP) is -1.98. The van der Waals surface area contributed by atoms with Crippen LogP contribution in [0, 0.1) is 11.8 Å². The first-order chi connectivity index (χ1) is 23.7. The van der Waals surface area contributed by atoms with Crippen LogP contribution in [-0.2, 0) is 44.8 Å². The molecular weight excluding hydrogens is 668 g/mol. The van der Waals surface area contributed by atoms with E-state index in [4.69, 9.17) is 22.3 Å². The van der Waals surface area contributed by atoms with Crippen LogP contribution in [0.15, 0.2) is 24.3 Å². The first kappa shape index (κ1) is 43.8. The van der Waals surface area contributed by atoms with Crippen LogP contribution in [0.2, 0.25) is 0 Å². The molecule has 0 aliphatic heterocycles. The summed E-state index contributed by atoms with van der Waals surface area (Å²) in [6.07, 6.45) is -0.786. The monoisotopic (exact) mass is 720 g/mol. The molecule has 13 N–H and O–H groups in total. The van der Waals surface area contributed by atoms with Crippen LogP contribution in [0.25, 0.3) is 0 Å². The van der Waals surface area contributed by atoms with Gasteiger partial charge < -0.3 is 54.0 Å². The van der Waals surface area contributed by atoms with Gasteiger partial charge in [-0.05, 0) is 49.3 Å². The first-order valence-corrected chi connectivity index (χ1v) is 16.6. The Morgan fingerprint density at radius 1 is 0.706 bits per heavy atom. The van der Waals surface area contributed by atoms with Crippen molar-refractivity contribution in [1.29, 1.82) is 0 Å². The van der Waals surface area contributed by atoms with Crippen molar-refractivity contribution in [3.63, 3.8) is 0 Å². The zero-order valence-electron chi connectivity index (χ0n) is 29.6. The van der Waals surface area contributed by atoms with Crippen LogP contribution in [0.1, 0.15) is 72.3 Å². The number of primary amides is 2. The number of phenols is 1. The fourth-order valence-electron chi connectivity index (χ4n) is 4.80. The normalized spacial score (nSPS) is 15.1. The maximum absolute atomic E-state index is 13.8. The van der Waals surface area contributed by atoms with Gasteiger partial charge in [-0.1, -0.05) is 46.2 Å². The molecule has 51 heavy (non-hydrogen) atoms. The van der Waals surface area contributed by atoms with E-state index in [1.54, 1.807) is 26.0 Å². The number of aliphatic carboxylic acids is 1. The molecule has 0 heterocycles. The molecule has 0 saturated carbocycles. The zero-order valence-corrected chi connectivity index (χ0v) is 29.6. The largest absolute Gasteiger partial charge is 0.508 e. The summed E-state index contributed by atoms with van der Waals surface area (Å²) in [5.41, 5.74) is 17.1. The minimum atomic E-state index is -1.64. The third-order valence-electron chi connectivity index (χ3n) is 7.94. The number of carbonyl (C=O) groups excluding carboxylic acids is 7. The van der Waals surface area contributed by atoms with Crippen molar-refractivity contribution in [1.82, 2.24) is 26.6 Å². The molecule has 0 aliphatic carbocycles. The molecule has 0 unspecified atom stereocenters. The lowest BCUT2D eigenvalue weighted by Gasteiger charge is -2.29. The third-order valence-corrected chi connectivity index (χ3v) is 7.94. The van der Waals surface area contributed by atoms with Crippen molar-refractivity contribution >= 4 is 47.3 Å². The summed E-state index contributed by atoms with van der Waals surface area (Å²) in [6.45, 7) is 8.33. The molecule has 7 atom stereocenters. The number of phenolic OH excluding ortho intramolecular Hbond substituents is 1.